The van der Waals surface area contributed by atoms with Crippen molar-refractivity contribution in [1.82, 2.24) is 14.5 Å². The Hall–Kier alpha value is -3.71. The largest absolute Gasteiger partial charge is 0.457 e. The van der Waals surface area contributed by atoms with Crippen LogP contribution in [0.15, 0.2) is 72.8 Å². The minimum atomic E-state index is -0.332. The molecule has 1 atom stereocenters. The van der Waals surface area contributed by atoms with E-state index in [9.17, 15) is 9.18 Å². The fraction of sp³-hybridized carbons (Fsp3) is 0.200. The number of carbonyl (C=O) groups excluding carboxylic acids is 1. The van der Waals surface area contributed by atoms with Crippen LogP contribution in [0.1, 0.15) is 24.7 Å². The van der Waals surface area contributed by atoms with Crippen LogP contribution in [0.25, 0.3) is 16.7 Å². The lowest BCUT2D eigenvalue weighted by atomic mass is 10.2. The summed E-state index contributed by atoms with van der Waals surface area (Å²) < 4.78 is 21.1. The zero-order valence-corrected chi connectivity index (χ0v) is 17.4. The molecule has 0 spiro atoms. The standard InChI is InChI=1S/C25H23FN4O2/c26-17-7-11-19(12-8-17)32-20-13-9-18(10-14-20)30-22-5-2-1-4-21(22)28-25(30)23-6-3-15-29(23)16-24(27)31/h1-2,4-5,7-14,23H,3,6,15-16H2,(H2,27,31)/t23-/m0/s1. The molecule has 0 radical (unpaired) electrons. The van der Waals surface area contributed by atoms with Gasteiger partial charge >= 0.3 is 0 Å². The van der Waals surface area contributed by atoms with E-state index in [0.29, 0.717) is 11.5 Å². The van der Waals surface area contributed by atoms with Gasteiger partial charge in [0.25, 0.3) is 0 Å². The average Bonchev–Trinajstić information content (AvgIpc) is 3.39. The smallest absolute Gasteiger partial charge is 0.231 e. The summed E-state index contributed by atoms with van der Waals surface area (Å²) in [5.74, 6) is 1.49. The van der Waals surface area contributed by atoms with Crippen molar-refractivity contribution in [1.29, 1.82) is 0 Å². The Labute approximate surface area is 185 Å². The molecular formula is C25H23FN4O2. The van der Waals surface area contributed by atoms with Crippen LogP contribution in [0.2, 0.25) is 0 Å². The van der Waals surface area contributed by atoms with Gasteiger partial charge in [0.1, 0.15) is 23.1 Å². The van der Waals surface area contributed by atoms with Gasteiger partial charge in [-0.2, -0.15) is 0 Å². The van der Waals surface area contributed by atoms with E-state index in [1.807, 2.05) is 48.5 Å². The van der Waals surface area contributed by atoms with Crippen molar-refractivity contribution in [2.75, 3.05) is 13.1 Å². The van der Waals surface area contributed by atoms with Gasteiger partial charge in [0.2, 0.25) is 5.91 Å². The Bertz CT molecular complexity index is 1250. The van der Waals surface area contributed by atoms with E-state index in [2.05, 4.69) is 9.47 Å². The molecule has 1 aromatic heterocycles. The van der Waals surface area contributed by atoms with Gasteiger partial charge in [0, 0.05) is 5.69 Å². The quantitative estimate of drug-likeness (QED) is 0.486. The molecule has 2 heterocycles. The zero-order valence-electron chi connectivity index (χ0n) is 17.4. The minimum Gasteiger partial charge on any atom is -0.457 e. The van der Waals surface area contributed by atoms with Gasteiger partial charge in [-0.15, -0.1) is 0 Å². The summed E-state index contributed by atoms with van der Waals surface area (Å²) in [5, 5.41) is 0. The van der Waals surface area contributed by atoms with E-state index < -0.39 is 0 Å². The van der Waals surface area contributed by atoms with Crippen molar-refractivity contribution in [3.8, 4) is 17.2 Å². The Balaban J connectivity index is 1.51. The lowest BCUT2D eigenvalue weighted by Crippen LogP contribution is -2.34. The van der Waals surface area contributed by atoms with Crippen LogP contribution in [0.5, 0.6) is 11.5 Å². The second kappa shape index (κ2) is 8.43. The van der Waals surface area contributed by atoms with Crippen LogP contribution in [0.4, 0.5) is 4.39 Å². The number of fused-ring (bicyclic) bond motifs is 1. The zero-order chi connectivity index (χ0) is 22.1. The number of benzene rings is 3. The monoisotopic (exact) mass is 430 g/mol. The Kier molecular flexibility index (Phi) is 5.33. The predicted octanol–water partition coefficient (Wildman–Crippen LogP) is 4.58. The number of aromatic nitrogens is 2. The SMILES string of the molecule is NC(=O)CN1CCC[C@H]1c1nc2ccccc2n1-c1ccc(Oc2ccc(F)cc2)cc1. The van der Waals surface area contributed by atoms with Crippen LogP contribution in [-0.4, -0.2) is 33.4 Å². The number of ether oxygens (including phenoxy) is 1. The minimum absolute atomic E-state index is 0.0186. The third kappa shape index (κ3) is 3.94. The molecular weight excluding hydrogens is 407 g/mol. The molecule has 5 rings (SSSR count). The van der Waals surface area contributed by atoms with Gasteiger partial charge in [-0.1, -0.05) is 12.1 Å². The van der Waals surface area contributed by atoms with Crippen molar-refractivity contribution in [3.63, 3.8) is 0 Å². The lowest BCUT2D eigenvalue weighted by molar-refractivity contribution is -0.119. The van der Waals surface area contributed by atoms with Crippen LogP contribution in [0.3, 0.4) is 0 Å². The van der Waals surface area contributed by atoms with Gasteiger partial charge in [-0.05, 0) is 80.1 Å². The highest BCUT2D eigenvalue weighted by Crippen LogP contribution is 2.35. The van der Waals surface area contributed by atoms with Crippen molar-refractivity contribution in [2.45, 2.75) is 18.9 Å². The maximum atomic E-state index is 13.1. The van der Waals surface area contributed by atoms with E-state index >= 15 is 0 Å². The van der Waals surface area contributed by atoms with Crippen molar-refractivity contribution < 1.29 is 13.9 Å². The van der Waals surface area contributed by atoms with E-state index in [0.717, 1.165) is 41.9 Å². The van der Waals surface area contributed by atoms with Gasteiger partial charge in [-0.25, -0.2) is 9.37 Å². The predicted molar refractivity (Wildman–Crippen MR) is 120 cm³/mol. The van der Waals surface area contributed by atoms with E-state index in [1.165, 1.54) is 12.1 Å². The van der Waals surface area contributed by atoms with Crippen LogP contribution >= 0.6 is 0 Å². The first-order valence-corrected chi connectivity index (χ1v) is 10.6. The molecule has 1 aliphatic rings. The number of halogens is 1. The first kappa shape index (κ1) is 20.2. The van der Waals surface area contributed by atoms with Gasteiger partial charge in [0.15, 0.2) is 0 Å². The molecule has 0 aliphatic carbocycles. The lowest BCUT2D eigenvalue weighted by Gasteiger charge is -2.23. The average molecular weight is 430 g/mol. The molecule has 162 valence electrons. The highest BCUT2D eigenvalue weighted by molar-refractivity contribution is 5.79. The maximum Gasteiger partial charge on any atom is 0.231 e. The number of nitrogens with two attached hydrogens (primary N) is 1. The van der Waals surface area contributed by atoms with E-state index in [-0.39, 0.29) is 24.3 Å². The molecule has 0 unspecified atom stereocenters. The summed E-state index contributed by atoms with van der Waals surface area (Å²) in [6.45, 7) is 1.04. The van der Waals surface area contributed by atoms with Crippen molar-refractivity contribution in [3.05, 3.63) is 84.4 Å². The third-order valence-corrected chi connectivity index (χ3v) is 5.75. The molecule has 0 saturated carbocycles. The molecule has 1 fully saturated rings. The summed E-state index contributed by atoms with van der Waals surface area (Å²) in [5.41, 5.74) is 8.34. The first-order chi connectivity index (χ1) is 15.6. The van der Waals surface area contributed by atoms with Crippen molar-refractivity contribution >= 4 is 16.9 Å². The summed E-state index contributed by atoms with van der Waals surface area (Å²) in [7, 11) is 0. The van der Waals surface area contributed by atoms with Crippen molar-refractivity contribution in [2.24, 2.45) is 5.73 Å². The van der Waals surface area contributed by atoms with Gasteiger partial charge in [-0.3, -0.25) is 14.3 Å². The van der Waals surface area contributed by atoms with Gasteiger partial charge in [0.05, 0.1) is 23.6 Å². The fourth-order valence-electron chi connectivity index (χ4n) is 4.35. The Morgan fingerprint density at radius 3 is 2.44 bits per heavy atom. The summed E-state index contributed by atoms with van der Waals surface area (Å²) >= 11 is 0. The Morgan fingerprint density at radius 1 is 1.03 bits per heavy atom. The van der Waals surface area contributed by atoms with Crippen LogP contribution < -0.4 is 10.5 Å². The highest BCUT2D eigenvalue weighted by atomic mass is 19.1. The second-order valence-electron chi connectivity index (χ2n) is 7.94. The summed E-state index contributed by atoms with van der Waals surface area (Å²) in [6.07, 6.45) is 1.91. The number of rotatable bonds is 6. The number of primary amides is 1. The number of carbonyl (C=O) groups is 1. The Morgan fingerprint density at radius 2 is 1.72 bits per heavy atom. The molecule has 1 saturated heterocycles. The number of amides is 1. The van der Waals surface area contributed by atoms with E-state index in [1.54, 1.807) is 12.1 Å². The van der Waals surface area contributed by atoms with Gasteiger partial charge < -0.3 is 10.5 Å². The molecule has 1 aliphatic heterocycles. The molecule has 4 aromatic rings. The number of para-hydroxylation sites is 2. The molecule has 2 N–H and O–H groups in total. The number of hydrogen-bond donors (Lipinski definition) is 1. The first-order valence-electron chi connectivity index (χ1n) is 10.6. The summed E-state index contributed by atoms with van der Waals surface area (Å²) in [6, 6.07) is 21.7. The number of nitrogens with zero attached hydrogens (tertiary/aromatic N) is 3. The van der Waals surface area contributed by atoms with Crippen LogP contribution in [-0.2, 0) is 4.79 Å². The molecule has 0 bridgehead atoms. The number of hydrogen-bond acceptors (Lipinski definition) is 4. The second-order valence-corrected chi connectivity index (χ2v) is 7.94. The fourth-order valence-corrected chi connectivity index (χ4v) is 4.35. The molecule has 32 heavy (non-hydrogen) atoms. The number of likely N-dealkylation sites (tertiary alicyclic amines) is 1. The topological polar surface area (TPSA) is 73.4 Å². The maximum absolute atomic E-state index is 13.1. The highest BCUT2D eigenvalue weighted by Gasteiger charge is 2.31. The number of imidazole rings is 1. The molecule has 6 nitrogen and oxygen atoms in total. The molecule has 1 amide bonds. The molecule has 3 aromatic carbocycles. The molecule has 7 heteroatoms. The van der Waals surface area contributed by atoms with E-state index in [4.69, 9.17) is 15.5 Å². The van der Waals surface area contributed by atoms with Crippen LogP contribution in [0, 0.1) is 5.82 Å². The summed E-state index contributed by atoms with van der Waals surface area (Å²) in [4.78, 5) is 18.6. The third-order valence-electron chi connectivity index (χ3n) is 5.75. The normalized spacial score (nSPS) is 16.5.